The van der Waals surface area contributed by atoms with Crippen LogP contribution in [0.25, 0.3) is 0 Å². The van der Waals surface area contributed by atoms with Gasteiger partial charge in [-0.25, -0.2) is 0 Å². The van der Waals surface area contributed by atoms with E-state index in [1.807, 2.05) is 26.0 Å². The Balaban J connectivity index is 0.00000264. The normalized spacial score (nSPS) is 11.4. The van der Waals surface area contributed by atoms with Gasteiger partial charge in [-0.3, -0.25) is 9.98 Å². The van der Waals surface area contributed by atoms with E-state index in [9.17, 15) is 10.2 Å². The molecule has 0 atom stereocenters. The zero-order valence-electron chi connectivity index (χ0n) is 14.7. The monoisotopic (exact) mass is 340 g/mol. The third-order valence-corrected chi connectivity index (χ3v) is 3.35. The number of hydrogen-bond acceptors (Lipinski definition) is 4. The van der Waals surface area contributed by atoms with Gasteiger partial charge in [-0.1, -0.05) is 60.0 Å². The second-order valence-corrected chi connectivity index (χ2v) is 4.93. The third-order valence-electron chi connectivity index (χ3n) is 3.35. The van der Waals surface area contributed by atoms with E-state index in [4.69, 9.17) is 0 Å². The topological polar surface area (TPSA) is 70.8 Å². The summed E-state index contributed by atoms with van der Waals surface area (Å²) >= 11 is 0. The maximum atomic E-state index is 11.7. The molecule has 0 aromatic heterocycles. The molecule has 0 N–H and O–H groups in total. The van der Waals surface area contributed by atoms with Crippen LogP contribution in [-0.2, 0) is 0 Å². The SMILES string of the molecule is CC(=NCCN=C(C)c1ccccc1[O-])c1ccccc1[O-].[Na+].[Na+]. The van der Waals surface area contributed by atoms with E-state index in [0.717, 1.165) is 0 Å². The largest absolute Gasteiger partial charge is 1.00 e. The Bertz CT molecular complexity index is 654. The van der Waals surface area contributed by atoms with E-state index >= 15 is 0 Å². The first-order valence-electron chi connectivity index (χ1n) is 7.14. The molecule has 0 aliphatic rings. The molecule has 0 unspecified atom stereocenters. The maximum absolute atomic E-state index is 11.7. The summed E-state index contributed by atoms with van der Waals surface area (Å²) in [6.07, 6.45) is 0. The molecule has 2 rings (SSSR count). The number of aliphatic imine (C=N–C) groups is 2. The number of hydrogen-bond donors (Lipinski definition) is 0. The molecule has 0 saturated heterocycles. The van der Waals surface area contributed by atoms with Gasteiger partial charge in [0.2, 0.25) is 0 Å². The maximum Gasteiger partial charge on any atom is 1.00 e. The molecule has 0 fully saturated rings. The van der Waals surface area contributed by atoms with Crippen LogP contribution >= 0.6 is 0 Å². The van der Waals surface area contributed by atoms with Gasteiger partial charge in [0.15, 0.2) is 0 Å². The summed E-state index contributed by atoms with van der Waals surface area (Å²) in [6, 6.07) is 13.7. The average Bonchev–Trinajstić information content (AvgIpc) is 2.52. The summed E-state index contributed by atoms with van der Waals surface area (Å²) in [5.41, 5.74) is 2.66. The first-order chi connectivity index (χ1) is 10.6. The van der Waals surface area contributed by atoms with Crippen molar-refractivity contribution >= 4 is 11.4 Å². The van der Waals surface area contributed by atoms with Gasteiger partial charge >= 0.3 is 59.1 Å². The van der Waals surface area contributed by atoms with Gasteiger partial charge in [0.05, 0.1) is 13.1 Å². The molecule has 2 aromatic carbocycles. The Kier molecular flexibility index (Phi) is 11.5. The summed E-state index contributed by atoms with van der Waals surface area (Å²) < 4.78 is 0. The minimum Gasteiger partial charge on any atom is -0.872 e. The minimum atomic E-state index is -0.0243. The van der Waals surface area contributed by atoms with Gasteiger partial charge in [-0.2, -0.15) is 0 Å². The summed E-state index contributed by atoms with van der Waals surface area (Å²) in [4.78, 5) is 8.75. The van der Waals surface area contributed by atoms with E-state index in [1.165, 1.54) is 12.1 Å². The van der Waals surface area contributed by atoms with Crippen molar-refractivity contribution in [3.8, 4) is 11.5 Å². The fourth-order valence-electron chi connectivity index (χ4n) is 2.14. The molecule has 2 aromatic rings. The molecule has 0 heterocycles. The molecular weight excluding hydrogens is 322 g/mol. The zero-order chi connectivity index (χ0) is 15.9. The van der Waals surface area contributed by atoms with Crippen LogP contribution in [-0.4, -0.2) is 24.5 Å². The predicted molar refractivity (Wildman–Crippen MR) is 85.9 cm³/mol. The number of benzene rings is 2. The molecule has 0 saturated carbocycles. The fourth-order valence-corrected chi connectivity index (χ4v) is 2.14. The van der Waals surface area contributed by atoms with Crippen LogP contribution in [0.1, 0.15) is 25.0 Å². The van der Waals surface area contributed by atoms with Crippen molar-refractivity contribution in [2.75, 3.05) is 13.1 Å². The van der Waals surface area contributed by atoms with Crippen molar-refractivity contribution in [3.05, 3.63) is 59.7 Å². The number of rotatable bonds is 5. The molecular formula is C18H18N2Na2O2. The first-order valence-corrected chi connectivity index (χ1v) is 7.14. The summed E-state index contributed by atoms with van der Waals surface area (Å²) in [7, 11) is 0. The molecule has 4 nitrogen and oxygen atoms in total. The van der Waals surface area contributed by atoms with Crippen molar-refractivity contribution in [3.63, 3.8) is 0 Å². The third kappa shape index (κ3) is 6.71. The second kappa shape index (κ2) is 11.9. The van der Waals surface area contributed by atoms with Gasteiger partial charge in [-0.05, 0) is 25.0 Å². The molecule has 0 aliphatic heterocycles. The molecule has 0 bridgehead atoms. The Hall–Kier alpha value is -0.620. The Morgan fingerprint density at radius 1 is 0.708 bits per heavy atom. The first kappa shape index (κ1) is 23.4. The summed E-state index contributed by atoms with van der Waals surface area (Å²) in [5, 5.41) is 23.4. The minimum absolute atomic E-state index is 0. The van der Waals surface area contributed by atoms with Gasteiger partial charge in [0.25, 0.3) is 0 Å². The van der Waals surface area contributed by atoms with Crippen molar-refractivity contribution in [2.45, 2.75) is 13.8 Å². The molecule has 0 amide bonds. The summed E-state index contributed by atoms with van der Waals surface area (Å²) in [6.45, 7) is 4.61. The van der Waals surface area contributed by atoms with Crippen LogP contribution in [0.3, 0.4) is 0 Å². The van der Waals surface area contributed by atoms with Crippen LogP contribution in [0.4, 0.5) is 0 Å². The Morgan fingerprint density at radius 2 is 1.04 bits per heavy atom. The van der Waals surface area contributed by atoms with E-state index in [0.29, 0.717) is 35.6 Å². The molecule has 6 heteroatoms. The number of nitrogens with zero attached hydrogens (tertiary/aromatic N) is 2. The van der Waals surface area contributed by atoms with Gasteiger partial charge in [0.1, 0.15) is 0 Å². The Morgan fingerprint density at radius 3 is 1.38 bits per heavy atom. The number of para-hydroxylation sites is 2. The van der Waals surface area contributed by atoms with E-state index in [2.05, 4.69) is 9.98 Å². The summed E-state index contributed by atoms with van der Waals surface area (Å²) in [5.74, 6) is -0.0487. The standard InChI is InChI=1S/C18H20N2O2.2Na/c1-13(15-7-3-5-9-17(15)21)19-11-12-20-14(2)16-8-4-6-10-18(16)22;;/h3-10,21-22H,11-12H2,1-2H3;;/q;2*+1/p-2. The molecule has 0 aliphatic carbocycles. The van der Waals surface area contributed by atoms with Gasteiger partial charge in [-0.15, -0.1) is 0 Å². The van der Waals surface area contributed by atoms with Crippen LogP contribution in [0, 0.1) is 0 Å². The fraction of sp³-hybridized carbons (Fsp3) is 0.222. The van der Waals surface area contributed by atoms with E-state index < -0.39 is 0 Å². The van der Waals surface area contributed by atoms with Crippen LogP contribution < -0.4 is 69.3 Å². The quantitative estimate of drug-likeness (QED) is 0.318. The van der Waals surface area contributed by atoms with E-state index in [-0.39, 0.29) is 70.6 Å². The Labute approximate surface area is 187 Å². The molecule has 0 radical (unpaired) electrons. The van der Waals surface area contributed by atoms with Crippen LogP contribution in [0.15, 0.2) is 58.5 Å². The average molecular weight is 340 g/mol. The predicted octanol–water partition coefficient (Wildman–Crippen LogP) is -3.84. The van der Waals surface area contributed by atoms with Gasteiger partial charge < -0.3 is 10.2 Å². The van der Waals surface area contributed by atoms with Crippen molar-refractivity contribution < 1.29 is 69.3 Å². The molecule has 24 heavy (non-hydrogen) atoms. The zero-order valence-corrected chi connectivity index (χ0v) is 18.7. The second-order valence-electron chi connectivity index (χ2n) is 4.93. The molecule has 114 valence electrons. The van der Waals surface area contributed by atoms with Gasteiger partial charge in [0, 0.05) is 11.4 Å². The van der Waals surface area contributed by atoms with Crippen molar-refractivity contribution in [2.24, 2.45) is 9.98 Å². The van der Waals surface area contributed by atoms with E-state index in [1.54, 1.807) is 24.3 Å². The molecule has 0 spiro atoms. The van der Waals surface area contributed by atoms with Crippen LogP contribution in [0.2, 0.25) is 0 Å². The van der Waals surface area contributed by atoms with Crippen molar-refractivity contribution in [1.82, 2.24) is 0 Å². The van der Waals surface area contributed by atoms with Crippen molar-refractivity contribution in [1.29, 1.82) is 0 Å². The smallest absolute Gasteiger partial charge is 0.872 e. The van der Waals surface area contributed by atoms with Crippen LogP contribution in [0.5, 0.6) is 11.5 Å².